The van der Waals surface area contributed by atoms with Gasteiger partial charge in [0.05, 0.1) is 24.9 Å². The molecule has 2 aliphatic heterocycles. The summed E-state index contributed by atoms with van der Waals surface area (Å²) >= 11 is 0. The maximum Gasteiger partial charge on any atom is 0.282 e. The third-order valence-electron chi connectivity index (χ3n) is 3.93. The molecular formula is C12H20N4O3S. The fourth-order valence-electron chi connectivity index (χ4n) is 2.87. The van der Waals surface area contributed by atoms with Crippen LogP contribution >= 0.6 is 0 Å². The molecule has 1 atom stereocenters. The Labute approximate surface area is 119 Å². The molecule has 20 heavy (non-hydrogen) atoms. The smallest absolute Gasteiger partial charge is 0.282 e. The van der Waals surface area contributed by atoms with Crippen LogP contribution in [0.5, 0.6) is 0 Å². The van der Waals surface area contributed by atoms with Crippen LogP contribution in [-0.2, 0) is 14.9 Å². The fraction of sp³-hybridized carbons (Fsp3) is 0.750. The first-order valence-corrected chi connectivity index (χ1v) is 8.43. The van der Waals surface area contributed by atoms with Gasteiger partial charge in [-0.25, -0.2) is 0 Å². The van der Waals surface area contributed by atoms with E-state index in [-0.39, 0.29) is 6.04 Å². The van der Waals surface area contributed by atoms with Crippen LogP contribution < -0.4 is 0 Å². The number of ether oxygens (including phenoxy) is 1. The van der Waals surface area contributed by atoms with Crippen molar-refractivity contribution in [2.24, 2.45) is 0 Å². The van der Waals surface area contributed by atoms with Gasteiger partial charge in [-0.05, 0) is 18.9 Å². The summed E-state index contributed by atoms with van der Waals surface area (Å²) in [6, 6.07) is 1.73. The molecule has 2 saturated heterocycles. The number of nitrogens with one attached hydrogen (secondary N) is 1. The first kappa shape index (κ1) is 14.0. The van der Waals surface area contributed by atoms with Crippen molar-refractivity contribution in [2.75, 3.05) is 32.8 Å². The molecule has 0 unspecified atom stereocenters. The second-order valence-electron chi connectivity index (χ2n) is 5.15. The highest BCUT2D eigenvalue weighted by molar-refractivity contribution is 7.86. The van der Waals surface area contributed by atoms with Crippen molar-refractivity contribution in [3.8, 4) is 0 Å². The Bertz CT molecular complexity index is 525. The minimum absolute atomic E-state index is 0.126. The largest absolute Gasteiger partial charge is 0.379 e. The number of rotatable bonds is 3. The number of hydrogen-bond acceptors (Lipinski definition) is 4. The molecule has 8 heteroatoms. The summed E-state index contributed by atoms with van der Waals surface area (Å²) in [5.74, 6) is 0. The molecule has 1 aromatic rings. The second kappa shape index (κ2) is 5.80. The van der Waals surface area contributed by atoms with E-state index < -0.39 is 10.2 Å². The van der Waals surface area contributed by atoms with Gasteiger partial charge in [-0.3, -0.25) is 5.10 Å². The van der Waals surface area contributed by atoms with Crippen LogP contribution in [0.3, 0.4) is 0 Å². The fourth-order valence-corrected chi connectivity index (χ4v) is 4.68. The van der Waals surface area contributed by atoms with E-state index in [0.29, 0.717) is 32.8 Å². The molecule has 0 spiro atoms. The molecule has 0 radical (unpaired) electrons. The third kappa shape index (κ3) is 2.60. The zero-order chi connectivity index (χ0) is 14.0. The number of hydrogen-bond donors (Lipinski definition) is 1. The molecule has 0 aromatic carbocycles. The van der Waals surface area contributed by atoms with Crippen molar-refractivity contribution in [1.82, 2.24) is 18.8 Å². The molecule has 7 nitrogen and oxygen atoms in total. The van der Waals surface area contributed by atoms with Gasteiger partial charge in [0.25, 0.3) is 10.2 Å². The van der Waals surface area contributed by atoms with Crippen LogP contribution in [0.2, 0.25) is 0 Å². The summed E-state index contributed by atoms with van der Waals surface area (Å²) in [4.78, 5) is 0. The minimum Gasteiger partial charge on any atom is -0.379 e. The topological polar surface area (TPSA) is 78.5 Å². The standard InChI is InChI=1S/C12H20N4O3S/c17-20(18,15-7-9-19-10-8-15)16-6-2-1-3-12(16)11-4-5-13-14-11/h4-5,12H,1-3,6-10H2,(H,13,14)/t12-/m1/s1. The lowest BCUT2D eigenvalue weighted by Crippen LogP contribution is -2.50. The number of H-pyrrole nitrogens is 1. The number of piperidine rings is 1. The lowest BCUT2D eigenvalue weighted by molar-refractivity contribution is 0.0681. The molecule has 2 fully saturated rings. The Kier molecular flexibility index (Phi) is 4.06. The molecule has 0 bridgehead atoms. The van der Waals surface area contributed by atoms with Crippen molar-refractivity contribution in [3.05, 3.63) is 18.0 Å². The Balaban J connectivity index is 1.85. The van der Waals surface area contributed by atoms with E-state index in [0.717, 1.165) is 25.0 Å². The van der Waals surface area contributed by atoms with Gasteiger partial charge in [0, 0.05) is 25.8 Å². The van der Waals surface area contributed by atoms with E-state index in [2.05, 4.69) is 10.2 Å². The Morgan fingerprint density at radius 1 is 1.25 bits per heavy atom. The molecule has 1 N–H and O–H groups in total. The summed E-state index contributed by atoms with van der Waals surface area (Å²) in [6.45, 7) is 2.40. The maximum absolute atomic E-state index is 12.8. The first-order valence-electron chi connectivity index (χ1n) is 7.03. The van der Waals surface area contributed by atoms with Crippen LogP contribution in [0.4, 0.5) is 0 Å². The van der Waals surface area contributed by atoms with E-state index >= 15 is 0 Å². The van der Waals surface area contributed by atoms with Crippen LogP contribution in [-0.4, -0.2) is 60.1 Å². The van der Waals surface area contributed by atoms with Gasteiger partial charge >= 0.3 is 0 Å². The van der Waals surface area contributed by atoms with Gasteiger partial charge in [0.2, 0.25) is 0 Å². The van der Waals surface area contributed by atoms with E-state index in [1.54, 1.807) is 10.5 Å². The predicted molar refractivity (Wildman–Crippen MR) is 73.2 cm³/mol. The van der Waals surface area contributed by atoms with Gasteiger partial charge in [-0.15, -0.1) is 0 Å². The number of morpholine rings is 1. The molecule has 0 amide bonds. The third-order valence-corrected chi connectivity index (χ3v) is 5.98. The minimum atomic E-state index is -3.42. The summed E-state index contributed by atoms with van der Waals surface area (Å²) in [7, 11) is -3.42. The SMILES string of the molecule is O=S(=O)(N1CCOCC1)N1CCCC[C@@H]1c1ccn[nH]1. The lowest BCUT2D eigenvalue weighted by Gasteiger charge is -2.38. The molecule has 112 valence electrons. The van der Waals surface area contributed by atoms with E-state index in [9.17, 15) is 8.42 Å². The highest BCUT2D eigenvalue weighted by Crippen LogP contribution is 2.33. The van der Waals surface area contributed by atoms with Crippen LogP contribution in [0.15, 0.2) is 12.3 Å². The quantitative estimate of drug-likeness (QED) is 0.882. The van der Waals surface area contributed by atoms with Crippen LogP contribution in [0.1, 0.15) is 31.0 Å². The van der Waals surface area contributed by atoms with E-state index in [1.165, 1.54) is 4.31 Å². The summed E-state index contributed by atoms with van der Waals surface area (Å²) < 4.78 is 34.0. The highest BCUT2D eigenvalue weighted by atomic mass is 32.2. The molecule has 1 aromatic heterocycles. The molecule has 0 saturated carbocycles. The summed E-state index contributed by atoms with van der Waals surface area (Å²) in [6.07, 6.45) is 4.46. The zero-order valence-corrected chi connectivity index (χ0v) is 12.2. The van der Waals surface area contributed by atoms with Crippen molar-refractivity contribution >= 4 is 10.2 Å². The van der Waals surface area contributed by atoms with Crippen molar-refractivity contribution in [3.63, 3.8) is 0 Å². The van der Waals surface area contributed by atoms with Gasteiger partial charge in [-0.2, -0.15) is 22.1 Å². The zero-order valence-electron chi connectivity index (χ0n) is 11.4. The second-order valence-corrected chi connectivity index (χ2v) is 7.03. The average Bonchev–Trinajstić information content (AvgIpc) is 3.02. The molecular weight excluding hydrogens is 280 g/mol. The average molecular weight is 300 g/mol. The highest BCUT2D eigenvalue weighted by Gasteiger charge is 2.38. The first-order chi connectivity index (χ1) is 9.69. The van der Waals surface area contributed by atoms with Crippen molar-refractivity contribution in [1.29, 1.82) is 0 Å². The van der Waals surface area contributed by atoms with Crippen molar-refractivity contribution < 1.29 is 13.2 Å². The van der Waals surface area contributed by atoms with Crippen molar-refractivity contribution in [2.45, 2.75) is 25.3 Å². The molecule has 2 aliphatic rings. The normalized spacial score (nSPS) is 26.7. The molecule has 0 aliphatic carbocycles. The van der Waals surface area contributed by atoms with Gasteiger partial charge < -0.3 is 4.74 Å². The maximum atomic E-state index is 12.8. The van der Waals surface area contributed by atoms with Gasteiger partial charge in [0.1, 0.15) is 0 Å². The summed E-state index contributed by atoms with van der Waals surface area (Å²) in [5.41, 5.74) is 0.876. The molecule has 3 rings (SSSR count). The van der Waals surface area contributed by atoms with Crippen LogP contribution in [0, 0.1) is 0 Å². The summed E-state index contributed by atoms with van der Waals surface area (Å²) in [5, 5.41) is 6.86. The van der Waals surface area contributed by atoms with Crippen LogP contribution in [0.25, 0.3) is 0 Å². The monoisotopic (exact) mass is 300 g/mol. The molecule has 3 heterocycles. The predicted octanol–water partition coefficient (Wildman–Crippen LogP) is 0.514. The van der Waals surface area contributed by atoms with Gasteiger partial charge in [-0.1, -0.05) is 6.42 Å². The van der Waals surface area contributed by atoms with E-state index in [1.807, 2.05) is 6.07 Å². The Morgan fingerprint density at radius 2 is 2.05 bits per heavy atom. The lowest BCUT2D eigenvalue weighted by atomic mass is 10.0. The Morgan fingerprint density at radius 3 is 2.75 bits per heavy atom. The number of aromatic nitrogens is 2. The van der Waals surface area contributed by atoms with Gasteiger partial charge in [0.15, 0.2) is 0 Å². The Hall–Kier alpha value is -0.960. The van der Waals surface area contributed by atoms with E-state index in [4.69, 9.17) is 4.74 Å². The number of nitrogens with zero attached hydrogens (tertiary/aromatic N) is 3. The number of aromatic amines is 1.